The third-order valence-corrected chi connectivity index (χ3v) is 30.2. The summed E-state index contributed by atoms with van der Waals surface area (Å²) in [5.74, 6) is 1.51. The maximum atomic E-state index is 15.0. The lowest BCUT2D eigenvalue weighted by atomic mass is 9.41. The first-order valence-electron chi connectivity index (χ1n) is 35.5. The van der Waals surface area contributed by atoms with Crippen molar-refractivity contribution in [2.24, 2.45) is 101 Å². The van der Waals surface area contributed by atoms with Crippen LogP contribution in [0.1, 0.15) is 221 Å². The summed E-state index contributed by atoms with van der Waals surface area (Å²) < 4.78 is 59.4. The summed E-state index contributed by atoms with van der Waals surface area (Å²) in [7, 11) is 3.19. The minimum atomic E-state index is -1.31. The Morgan fingerprint density at radius 3 is 1.40 bits per heavy atom. The highest BCUT2D eigenvalue weighted by molar-refractivity contribution is 5.94. The van der Waals surface area contributed by atoms with E-state index in [4.69, 9.17) is 47.4 Å². The highest BCUT2D eigenvalue weighted by Crippen LogP contribution is 2.91. The van der Waals surface area contributed by atoms with Crippen molar-refractivity contribution in [1.29, 1.82) is 0 Å². The van der Waals surface area contributed by atoms with Gasteiger partial charge in [0.25, 0.3) is 6.48 Å². The van der Waals surface area contributed by atoms with Gasteiger partial charge < -0.3 is 72.9 Å². The van der Waals surface area contributed by atoms with Gasteiger partial charge in [-0.15, -0.1) is 0 Å². The Bertz CT molecular complexity index is 2860. The van der Waals surface area contributed by atoms with Crippen molar-refractivity contribution in [3.63, 3.8) is 0 Å². The van der Waals surface area contributed by atoms with Crippen molar-refractivity contribution in [2.75, 3.05) is 27.6 Å². The first-order chi connectivity index (χ1) is 42.7. The van der Waals surface area contributed by atoms with E-state index in [2.05, 4.69) is 69.2 Å². The first kappa shape index (κ1) is 74.5. The fourth-order valence-electron chi connectivity index (χ4n) is 26.1. The zero-order valence-electron chi connectivity index (χ0n) is 59.4. The molecule has 13 rings (SSSR count). The molecule has 3 saturated heterocycles. The van der Waals surface area contributed by atoms with Gasteiger partial charge in [-0.25, -0.2) is 0 Å². The Labute approximate surface area is 562 Å². The molecule has 5 unspecified atom stereocenters. The van der Waals surface area contributed by atoms with Gasteiger partial charge in [-0.05, 0) is 209 Å². The van der Waals surface area contributed by atoms with Crippen molar-refractivity contribution in [2.45, 2.75) is 312 Å². The molecule has 3 radical (unpaired) electrons. The van der Waals surface area contributed by atoms with Crippen molar-refractivity contribution >= 4 is 31.9 Å². The third kappa shape index (κ3) is 10.4. The van der Waals surface area contributed by atoms with Gasteiger partial charge in [-0.2, -0.15) is 0 Å². The summed E-state index contributed by atoms with van der Waals surface area (Å²) in [5, 5.41) is 52.8. The van der Waals surface area contributed by atoms with Crippen LogP contribution in [0.25, 0.3) is 0 Å². The number of hydrogen-bond acceptors (Lipinski definition) is 19. The van der Waals surface area contributed by atoms with Crippen LogP contribution < -0.4 is 0 Å². The molecule has 3 aliphatic heterocycles. The highest BCUT2D eigenvalue weighted by Gasteiger charge is 2.87. The number of fused-ring (bicyclic) bond motifs is 8. The van der Waals surface area contributed by atoms with E-state index >= 15 is 0 Å². The van der Waals surface area contributed by atoms with Gasteiger partial charge in [0.05, 0.1) is 42.2 Å². The number of aliphatic hydroxyl groups is 5. The number of ether oxygens (including phenoxy) is 10. The number of Topliss-reactive ketones (excluding diaryl/α,β-unsaturated/α-hetero) is 2. The van der Waals surface area contributed by atoms with Crippen molar-refractivity contribution < 1.29 is 92.1 Å². The van der Waals surface area contributed by atoms with Crippen LogP contribution in [0.15, 0.2) is 0 Å². The predicted molar refractivity (Wildman–Crippen MR) is 348 cm³/mol. The smallest absolute Gasteiger partial charge is 0.303 e. The molecule has 0 aromatic carbocycles. The molecule has 94 heavy (non-hydrogen) atoms. The molecule has 5 N–H and O–H groups in total. The maximum absolute atomic E-state index is 15.0. The Balaban J connectivity index is 0.000000201. The van der Waals surface area contributed by atoms with Gasteiger partial charge in [0.2, 0.25) is 0 Å². The monoisotopic (exact) mass is 1320 g/mol. The predicted octanol–water partition coefficient (Wildman–Crippen LogP) is 9.44. The number of hydrogen-bond donors (Lipinski definition) is 5. The molecule has 533 valence electrons. The Kier molecular flexibility index (Phi) is 19.4. The van der Waals surface area contributed by atoms with E-state index in [1.807, 2.05) is 0 Å². The zero-order valence-corrected chi connectivity index (χ0v) is 59.4. The summed E-state index contributed by atoms with van der Waals surface area (Å²) >= 11 is 0. The summed E-state index contributed by atoms with van der Waals surface area (Å²) in [4.78, 5) is 53.9. The van der Waals surface area contributed by atoms with E-state index in [1.54, 1.807) is 41.9 Å². The van der Waals surface area contributed by atoms with E-state index < -0.39 is 102 Å². The number of esters is 2. The lowest BCUT2D eigenvalue weighted by Gasteiger charge is -2.62. The Morgan fingerprint density at radius 1 is 0.596 bits per heavy atom. The van der Waals surface area contributed by atoms with E-state index in [-0.39, 0.29) is 126 Å². The molecule has 0 amide bonds. The molecule has 19 nitrogen and oxygen atoms in total. The number of carbonyl (C=O) groups excluding carboxylic acids is 4. The summed E-state index contributed by atoms with van der Waals surface area (Å²) in [6, 6.07) is 0. The molecule has 10 aliphatic carbocycles. The summed E-state index contributed by atoms with van der Waals surface area (Å²) in [5.41, 5.74) is -3.68. The highest BCUT2D eigenvalue weighted by atomic mass is 16.9. The molecule has 13 fully saturated rings. The summed E-state index contributed by atoms with van der Waals surface area (Å²) in [6.45, 7) is 31.5. The van der Waals surface area contributed by atoms with Crippen LogP contribution in [-0.2, 0) is 66.5 Å². The largest absolute Gasteiger partial charge is 0.457 e. The Hall–Kier alpha value is -2.18. The van der Waals surface area contributed by atoms with Crippen LogP contribution in [-0.4, -0.2) is 176 Å². The molecular formula is C74H120BO19. The fraction of sp³-hybridized carbons (Fsp3) is 0.946. The Morgan fingerprint density at radius 2 is 1.00 bits per heavy atom. The first-order valence-corrected chi connectivity index (χ1v) is 35.5. The molecule has 3 heterocycles. The minimum absolute atomic E-state index is 0. The average Bonchev–Trinajstić information content (AvgIpc) is 1.47. The number of ketones is 2. The molecule has 13 aliphatic rings. The van der Waals surface area contributed by atoms with Crippen LogP contribution in [0.3, 0.4) is 0 Å². The second-order valence-electron chi connectivity index (χ2n) is 35.7. The summed E-state index contributed by atoms with van der Waals surface area (Å²) in [6.07, 6.45) is 6.97. The topological polar surface area (TPSA) is 262 Å². The molecule has 10 saturated carbocycles. The van der Waals surface area contributed by atoms with Crippen LogP contribution >= 0.6 is 0 Å². The van der Waals surface area contributed by atoms with Crippen molar-refractivity contribution in [3.05, 3.63) is 0 Å². The second-order valence-corrected chi connectivity index (χ2v) is 35.7. The van der Waals surface area contributed by atoms with Gasteiger partial charge in [-0.3, -0.25) is 19.2 Å². The lowest BCUT2D eigenvalue weighted by Crippen LogP contribution is -2.60. The van der Waals surface area contributed by atoms with E-state index in [0.29, 0.717) is 30.6 Å². The molecule has 0 bridgehead atoms. The minimum Gasteiger partial charge on any atom is -0.457 e. The second kappa shape index (κ2) is 24.5. The van der Waals surface area contributed by atoms with Gasteiger partial charge >= 0.3 is 11.9 Å². The molecule has 4 spiro atoms. The van der Waals surface area contributed by atoms with Crippen LogP contribution in [0.5, 0.6) is 0 Å². The fourth-order valence-corrected chi connectivity index (χ4v) is 26.1. The van der Waals surface area contributed by atoms with Crippen LogP contribution in [0, 0.1) is 101 Å². The van der Waals surface area contributed by atoms with Crippen LogP contribution in [0.2, 0.25) is 0 Å². The standard InChI is InChI=1S/C37H58O10.C36H58O9.CH4.B/c1-18-15-21(30(33(5,6)43)45-19(2)38)46-28-25(18)34(7)13-14-37-17-36(37)12-11-24(47-31-27(41)26(40)20(39)16-44-31)32(3,4)22(36)9-10-23(37)35(34,8)29(28)42;1-20-17-22(29(32(5,6)39)43-21(2)37)44-27-26(20)33(7)15-16-36-18-35(36)14-13-25(45-30(41-10)42-19-40-9)31(3,4)23(35)11-12-24(36)34(33,8)28(27)38;;/h18,20-28,30-31,39-41,43H,9-17H2,1-8H3;20,22-27,29-30,39H,11-19H2,1-10H3;1H4;/t18-,20?,21-,22+,23+,24+,25+,26+,27-,28+,30?,31+,34-,35-,36-,37?;20-,22-,23+,24+,25+,26+,27+,29?,30+,33-,34-,35-,36?;;/m11../s1. The van der Waals surface area contributed by atoms with Crippen molar-refractivity contribution in [1.82, 2.24) is 0 Å². The van der Waals surface area contributed by atoms with Crippen molar-refractivity contribution in [3.8, 4) is 0 Å². The van der Waals surface area contributed by atoms with Gasteiger partial charge in [-0.1, -0.05) is 76.7 Å². The number of aliphatic hydroxyl groups excluding tert-OH is 3. The maximum Gasteiger partial charge on any atom is 0.303 e. The van der Waals surface area contributed by atoms with E-state index in [1.165, 1.54) is 20.3 Å². The molecule has 29 atom stereocenters. The zero-order chi connectivity index (χ0) is 67.2. The quantitative estimate of drug-likeness (QED) is 0.0469. The lowest BCUT2D eigenvalue weighted by molar-refractivity contribution is -0.335. The van der Waals surface area contributed by atoms with E-state index in [9.17, 15) is 44.7 Å². The van der Waals surface area contributed by atoms with Gasteiger partial charge in [0, 0.05) is 59.1 Å². The molecular weight excluding hydrogens is 1200 g/mol. The number of methoxy groups -OCH3 is 2. The third-order valence-electron chi connectivity index (χ3n) is 30.2. The average molecular weight is 1320 g/mol. The van der Waals surface area contributed by atoms with Gasteiger partial charge in [0.15, 0.2) is 36.9 Å². The molecule has 0 aromatic rings. The molecule has 0 aromatic heterocycles. The van der Waals surface area contributed by atoms with Gasteiger partial charge in [0.1, 0.15) is 30.5 Å². The SMILES string of the molecule is C.CC(=O)OC([C@H]1C[C@@H](C)[C@H]2[C@H](O1)C(=O)[C@@]1(C)[C@@H]3CC[C@H]4C(C)(C)[C@@H](O[C@@H]5OCC(O)[C@H](O)[C@H]5O)CC[C@@]45CC35CC[C@]21C)C(C)(C)O.COCO[C@H](OC)O[C@H]1CC[C@]23CC24CC[C@]2(C)[C@H]5[C@H](C)C[C@H](C(OC(C)=O)C(C)(C)O)O[C@@H]5C(=O)[C@@]2(C)[C@@H]4CC[C@H]3C1(C)C.[B]. The number of rotatable bonds is 14. The van der Waals surface area contributed by atoms with Crippen LogP contribution in [0.4, 0.5) is 0 Å². The number of carbonyl (C=O) groups is 4. The van der Waals surface area contributed by atoms with E-state index in [0.717, 1.165) is 83.5 Å². The normalized spacial score (nSPS) is 49.8. The molecule has 20 heteroatoms.